The molecule has 1 rings (SSSR count). The molecule has 2 unspecified atom stereocenters. The highest BCUT2D eigenvalue weighted by molar-refractivity contribution is 4.72. The fourth-order valence-corrected chi connectivity index (χ4v) is 1.91. The average molecular weight is 202 g/mol. The van der Waals surface area contributed by atoms with Crippen molar-refractivity contribution in [1.82, 2.24) is 5.43 Å². The van der Waals surface area contributed by atoms with Gasteiger partial charge in [0.1, 0.15) is 0 Å². The predicted octanol–water partition coefficient (Wildman–Crippen LogP) is 0.672. The number of hydrogen-bond acceptors (Lipinski definition) is 4. The summed E-state index contributed by atoms with van der Waals surface area (Å²) in [6.45, 7) is 2.64. The van der Waals surface area contributed by atoms with Crippen LogP contribution in [-0.2, 0) is 9.47 Å². The molecule has 0 bridgehead atoms. The van der Waals surface area contributed by atoms with Crippen molar-refractivity contribution in [2.24, 2.45) is 11.8 Å². The molecule has 3 N–H and O–H groups in total. The smallest absolute Gasteiger partial charge is 0.0495 e. The molecular formula is C10H22N2O2. The maximum Gasteiger partial charge on any atom is 0.0495 e. The molecule has 0 amide bonds. The maximum absolute atomic E-state index is 5.50. The lowest BCUT2D eigenvalue weighted by Crippen LogP contribution is -2.36. The van der Waals surface area contributed by atoms with Crippen molar-refractivity contribution >= 4 is 0 Å². The van der Waals surface area contributed by atoms with Gasteiger partial charge in [-0.1, -0.05) is 0 Å². The van der Waals surface area contributed by atoms with Gasteiger partial charge in [-0.3, -0.25) is 11.3 Å². The second-order valence-electron chi connectivity index (χ2n) is 3.96. The first kappa shape index (κ1) is 11.9. The van der Waals surface area contributed by atoms with Crippen molar-refractivity contribution in [2.45, 2.75) is 31.7 Å². The van der Waals surface area contributed by atoms with Gasteiger partial charge in [0.25, 0.3) is 0 Å². The summed E-state index contributed by atoms with van der Waals surface area (Å²) < 4.78 is 10.3. The third-order valence-electron chi connectivity index (χ3n) is 2.78. The van der Waals surface area contributed by atoms with Crippen LogP contribution in [-0.4, -0.2) is 33.0 Å². The number of methoxy groups -OCH3 is 1. The van der Waals surface area contributed by atoms with Crippen LogP contribution in [0.5, 0.6) is 0 Å². The molecule has 4 heteroatoms. The van der Waals surface area contributed by atoms with Crippen LogP contribution in [0.25, 0.3) is 0 Å². The Balaban J connectivity index is 2.10. The SMILES string of the molecule is COCCCC(CC1CCOC1)NN. The lowest BCUT2D eigenvalue weighted by atomic mass is 9.97. The first-order valence-electron chi connectivity index (χ1n) is 5.39. The summed E-state index contributed by atoms with van der Waals surface area (Å²) in [5.41, 5.74) is 2.88. The third kappa shape index (κ3) is 4.37. The predicted molar refractivity (Wildman–Crippen MR) is 55.8 cm³/mol. The van der Waals surface area contributed by atoms with Crippen LogP contribution in [0.1, 0.15) is 25.7 Å². The van der Waals surface area contributed by atoms with Gasteiger partial charge in [0, 0.05) is 33.0 Å². The normalized spacial score (nSPS) is 24.0. The minimum absolute atomic E-state index is 0.414. The van der Waals surface area contributed by atoms with Crippen LogP contribution in [0, 0.1) is 5.92 Å². The summed E-state index contributed by atoms with van der Waals surface area (Å²) in [5, 5.41) is 0. The van der Waals surface area contributed by atoms with Crippen molar-refractivity contribution in [1.29, 1.82) is 0 Å². The van der Waals surface area contributed by atoms with Crippen molar-refractivity contribution in [3.05, 3.63) is 0 Å². The van der Waals surface area contributed by atoms with E-state index in [0.717, 1.165) is 39.1 Å². The number of hydrazine groups is 1. The molecule has 84 valence electrons. The number of nitrogens with one attached hydrogen (secondary N) is 1. The first-order valence-corrected chi connectivity index (χ1v) is 5.39. The fourth-order valence-electron chi connectivity index (χ4n) is 1.91. The van der Waals surface area contributed by atoms with Gasteiger partial charge in [-0.25, -0.2) is 0 Å². The fraction of sp³-hybridized carbons (Fsp3) is 1.00. The molecule has 1 fully saturated rings. The average Bonchev–Trinajstić information content (AvgIpc) is 2.69. The Kier molecular flexibility index (Phi) is 6.10. The molecule has 0 spiro atoms. The summed E-state index contributed by atoms with van der Waals surface area (Å²) in [7, 11) is 1.73. The molecule has 2 atom stereocenters. The Bertz CT molecular complexity index is 138. The monoisotopic (exact) mass is 202 g/mol. The molecule has 4 nitrogen and oxygen atoms in total. The Morgan fingerprint density at radius 3 is 3.07 bits per heavy atom. The van der Waals surface area contributed by atoms with Crippen LogP contribution in [0.3, 0.4) is 0 Å². The van der Waals surface area contributed by atoms with E-state index in [1.807, 2.05) is 0 Å². The Morgan fingerprint density at radius 1 is 1.64 bits per heavy atom. The largest absolute Gasteiger partial charge is 0.385 e. The third-order valence-corrected chi connectivity index (χ3v) is 2.78. The number of rotatable bonds is 7. The molecule has 0 radical (unpaired) electrons. The van der Waals surface area contributed by atoms with Crippen molar-refractivity contribution < 1.29 is 9.47 Å². The highest BCUT2D eigenvalue weighted by atomic mass is 16.5. The molecule has 0 aromatic heterocycles. The maximum atomic E-state index is 5.50. The van der Waals surface area contributed by atoms with Crippen molar-refractivity contribution in [2.75, 3.05) is 26.9 Å². The Morgan fingerprint density at radius 2 is 2.50 bits per heavy atom. The van der Waals surface area contributed by atoms with Gasteiger partial charge in [-0.05, 0) is 31.6 Å². The van der Waals surface area contributed by atoms with E-state index < -0.39 is 0 Å². The summed E-state index contributed by atoms with van der Waals surface area (Å²) >= 11 is 0. The topological polar surface area (TPSA) is 56.5 Å². The number of hydrogen-bond donors (Lipinski definition) is 2. The highest BCUT2D eigenvalue weighted by Gasteiger charge is 2.19. The van der Waals surface area contributed by atoms with E-state index in [-0.39, 0.29) is 0 Å². The summed E-state index contributed by atoms with van der Waals surface area (Å²) in [6.07, 6.45) is 4.46. The zero-order chi connectivity index (χ0) is 10.2. The van der Waals surface area contributed by atoms with Crippen LogP contribution >= 0.6 is 0 Å². The zero-order valence-corrected chi connectivity index (χ0v) is 9.00. The minimum Gasteiger partial charge on any atom is -0.385 e. The summed E-state index contributed by atoms with van der Waals surface area (Å²) in [5.74, 6) is 6.19. The number of nitrogens with two attached hydrogens (primary N) is 1. The molecule has 0 aliphatic carbocycles. The summed E-state index contributed by atoms with van der Waals surface area (Å²) in [6, 6.07) is 0.414. The second-order valence-corrected chi connectivity index (χ2v) is 3.96. The van der Waals surface area contributed by atoms with Gasteiger partial charge in [0.2, 0.25) is 0 Å². The molecule has 0 aromatic rings. The standard InChI is InChI=1S/C10H22N2O2/c1-13-5-2-3-10(12-11)7-9-4-6-14-8-9/h9-10,12H,2-8,11H2,1H3. The lowest BCUT2D eigenvalue weighted by molar-refractivity contribution is 0.175. The molecule has 1 aliphatic rings. The molecule has 0 saturated carbocycles. The first-order chi connectivity index (χ1) is 6.86. The highest BCUT2D eigenvalue weighted by Crippen LogP contribution is 2.19. The van der Waals surface area contributed by atoms with Crippen LogP contribution < -0.4 is 11.3 Å². The van der Waals surface area contributed by atoms with Gasteiger partial charge in [-0.2, -0.15) is 0 Å². The molecule has 1 aliphatic heterocycles. The Hall–Kier alpha value is -0.160. The van der Waals surface area contributed by atoms with Gasteiger partial charge in [0.05, 0.1) is 0 Å². The minimum atomic E-state index is 0.414. The molecule has 1 heterocycles. The van der Waals surface area contributed by atoms with Gasteiger partial charge in [0.15, 0.2) is 0 Å². The van der Waals surface area contributed by atoms with E-state index in [0.29, 0.717) is 12.0 Å². The van der Waals surface area contributed by atoms with E-state index >= 15 is 0 Å². The zero-order valence-electron chi connectivity index (χ0n) is 9.00. The molecule has 1 saturated heterocycles. The van der Waals surface area contributed by atoms with E-state index in [4.69, 9.17) is 15.3 Å². The Labute approximate surface area is 86.1 Å². The van der Waals surface area contributed by atoms with E-state index in [1.165, 1.54) is 6.42 Å². The van der Waals surface area contributed by atoms with Crippen molar-refractivity contribution in [3.8, 4) is 0 Å². The summed E-state index contributed by atoms with van der Waals surface area (Å²) in [4.78, 5) is 0. The van der Waals surface area contributed by atoms with Gasteiger partial charge in [-0.15, -0.1) is 0 Å². The van der Waals surface area contributed by atoms with Crippen molar-refractivity contribution in [3.63, 3.8) is 0 Å². The molecular weight excluding hydrogens is 180 g/mol. The quantitative estimate of drug-likeness (QED) is 0.362. The van der Waals surface area contributed by atoms with E-state index in [1.54, 1.807) is 7.11 Å². The van der Waals surface area contributed by atoms with E-state index in [2.05, 4.69) is 5.43 Å². The lowest BCUT2D eigenvalue weighted by Gasteiger charge is -2.18. The van der Waals surface area contributed by atoms with Crippen LogP contribution in [0.2, 0.25) is 0 Å². The molecule has 14 heavy (non-hydrogen) atoms. The van der Waals surface area contributed by atoms with Gasteiger partial charge >= 0.3 is 0 Å². The van der Waals surface area contributed by atoms with Crippen LogP contribution in [0.4, 0.5) is 0 Å². The second kappa shape index (κ2) is 7.17. The number of ether oxygens (including phenoxy) is 2. The van der Waals surface area contributed by atoms with Crippen LogP contribution in [0.15, 0.2) is 0 Å². The van der Waals surface area contributed by atoms with Gasteiger partial charge < -0.3 is 9.47 Å². The molecule has 0 aromatic carbocycles. The van der Waals surface area contributed by atoms with E-state index in [9.17, 15) is 0 Å².